The quantitative estimate of drug-likeness (QED) is 0.493. The molecular weight excluding hydrogens is 444 g/mol. The highest BCUT2D eigenvalue weighted by Gasteiger charge is 2.30. The first kappa shape index (κ1) is 24.6. The van der Waals surface area contributed by atoms with E-state index in [0.717, 1.165) is 50.9 Å². The fourth-order valence-corrected chi connectivity index (χ4v) is 4.90. The SMILES string of the molecule is C=CC(=O)NC1CC[C@@H](N(C)c2nnc(C(N)=O)c(Nc3ccc(C4CCN(C)CC4)cc3)n2)C1. The molecule has 1 saturated heterocycles. The maximum absolute atomic E-state index is 12.0. The standard InChI is InChI=1S/C25H34N8O2/c1-4-21(34)27-19-9-10-20(15-19)33(3)25-29-24(22(23(26)35)30-31-25)28-18-7-5-16(6-8-18)17-11-13-32(2)14-12-17/h4-8,17,19-20H,1,9-15H2,2-3H3,(H2,26,35)(H,27,34)(H,28,29,31)/t19?,20-/m1/s1. The summed E-state index contributed by atoms with van der Waals surface area (Å²) in [6, 6.07) is 8.45. The van der Waals surface area contributed by atoms with Crippen molar-refractivity contribution in [1.29, 1.82) is 0 Å². The number of rotatable bonds is 8. The first-order chi connectivity index (χ1) is 16.8. The van der Waals surface area contributed by atoms with Gasteiger partial charge in [-0.1, -0.05) is 18.7 Å². The van der Waals surface area contributed by atoms with Crippen LogP contribution in [0.25, 0.3) is 0 Å². The number of nitrogens with zero attached hydrogens (tertiary/aromatic N) is 5. The maximum Gasteiger partial charge on any atom is 0.273 e. The molecule has 10 nitrogen and oxygen atoms in total. The minimum Gasteiger partial charge on any atom is -0.364 e. The molecule has 1 aromatic carbocycles. The third-order valence-electron chi connectivity index (χ3n) is 7.07. The van der Waals surface area contributed by atoms with Crippen LogP contribution in [0.5, 0.6) is 0 Å². The molecule has 1 aliphatic heterocycles. The Hall–Kier alpha value is -3.53. The third-order valence-corrected chi connectivity index (χ3v) is 7.07. The van der Waals surface area contributed by atoms with Gasteiger partial charge >= 0.3 is 0 Å². The van der Waals surface area contributed by atoms with E-state index < -0.39 is 5.91 Å². The van der Waals surface area contributed by atoms with Gasteiger partial charge in [0.25, 0.3) is 5.91 Å². The fraction of sp³-hybridized carbons (Fsp3) is 0.480. The molecule has 0 bridgehead atoms. The lowest BCUT2D eigenvalue weighted by molar-refractivity contribution is -0.117. The van der Waals surface area contributed by atoms with E-state index in [2.05, 4.69) is 56.5 Å². The fourth-order valence-electron chi connectivity index (χ4n) is 4.90. The summed E-state index contributed by atoms with van der Waals surface area (Å²) >= 11 is 0. The van der Waals surface area contributed by atoms with Crippen LogP contribution in [-0.2, 0) is 4.79 Å². The average molecular weight is 479 g/mol. The summed E-state index contributed by atoms with van der Waals surface area (Å²) < 4.78 is 0. The van der Waals surface area contributed by atoms with Gasteiger partial charge < -0.3 is 26.2 Å². The topological polar surface area (TPSA) is 129 Å². The highest BCUT2D eigenvalue weighted by atomic mass is 16.2. The first-order valence-electron chi connectivity index (χ1n) is 12.1. The molecular formula is C25H34N8O2. The number of carbonyl (C=O) groups is 2. The van der Waals surface area contributed by atoms with Crippen molar-refractivity contribution in [3.63, 3.8) is 0 Å². The van der Waals surface area contributed by atoms with Gasteiger partial charge in [0, 0.05) is 24.8 Å². The molecule has 2 aromatic rings. The Morgan fingerprint density at radius 1 is 1.14 bits per heavy atom. The summed E-state index contributed by atoms with van der Waals surface area (Å²) in [5.74, 6) is 0.360. The van der Waals surface area contributed by atoms with Gasteiger partial charge in [0.1, 0.15) is 0 Å². The summed E-state index contributed by atoms with van der Waals surface area (Å²) in [4.78, 5) is 32.5. The lowest BCUT2D eigenvalue weighted by Crippen LogP contribution is -2.36. The zero-order valence-electron chi connectivity index (χ0n) is 20.4. The van der Waals surface area contributed by atoms with Gasteiger partial charge in [-0.2, -0.15) is 4.98 Å². The van der Waals surface area contributed by atoms with E-state index in [0.29, 0.717) is 11.9 Å². The van der Waals surface area contributed by atoms with Crippen molar-refractivity contribution < 1.29 is 9.59 Å². The molecule has 2 amide bonds. The van der Waals surface area contributed by atoms with Gasteiger partial charge in [0.05, 0.1) is 0 Å². The molecule has 186 valence electrons. The minimum absolute atomic E-state index is 0.0101. The van der Waals surface area contributed by atoms with Gasteiger partial charge in [-0.05, 0) is 81.9 Å². The van der Waals surface area contributed by atoms with E-state index in [1.54, 1.807) is 0 Å². The van der Waals surface area contributed by atoms with Crippen LogP contribution in [0.3, 0.4) is 0 Å². The van der Waals surface area contributed by atoms with E-state index >= 15 is 0 Å². The smallest absolute Gasteiger partial charge is 0.273 e. The lowest BCUT2D eigenvalue weighted by Gasteiger charge is -2.29. The van der Waals surface area contributed by atoms with Gasteiger partial charge in [-0.25, -0.2) is 0 Å². The third kappa shape index (κ3) is 5.94. The number of amides is 2. The van der Waals surface area contributed by atoms with Crippen molar-refractivity contribution >= 4 is 29.3 Å². The molecule has 0 radical (unpaired) electrons. The molecule has 1 aliphatic carbocycles. The molecule has 10 heteroatoms. The molecule has 35 heavy (non-hydrogen) atoms. The predicted octanol–water partition coefficient (Wildman–Crippen LogP) is 2.18. The summed E-state index contributed by atoms with van der Waals surface area (Å²) in [6.45, 7) is 5.72. The summed E-state index contributed by atoms with van der Waals surface area (Å²) in [6.07, 6.45) is 6.08. The number of likely N-dealkylation sites (tertiary alicyclic amines) is 1. The number of hydrogen-bond acceptors (Lipinski definition) is 8. The van der Waals surface area contributed by atoms with Crippen LogP contribution in [0.1, 0.15) is 54.1 Å². The number of nitrogens with two attached hydrogens (primary N) is 1. The number of aromatic nitrogens is 3. The molecule has 0 spiro atoms. The Balaban J connectivity index is 1.47. The van der Waals surface area contributed by atoms with Crippen LogP contribution in [0.4, 0.5) is 17.5 Å². The van der Waals surface area contributed by atoms with E-state index in [9.17, 15) is 9.59 Å². The number of anilines is 3. The largest absolute Gasteiger partial charge is 0.364 e. The number of piperidine rings is 1. The van der Waals surface area contributed by atoms with Crippen LogP contribution >= 0.6 is 0 Å². The highest BCUT2D eigenvalue weighted by molar-refractivity contribution is 5.96. The average Bonchev–Trinajstić information content (AvgIpc) is 3.32. The zero-order chi connectivity index (χ0) is 24.9. The molecule has 2 aliphatic rings. The van der Waals surface area contributed by atoms with Gasteiger partial charge in [0.2, 0.25) is 11.9 Å². The molecule has 2 fully saturated rings. The minimum atomic E-state index is -0.697. The molecule has 1 aromatic heterocycles. The Bertz CT molecular complexity index is 1070. The number of primary amides is 1. The Labute approximate surface area is 206 Å². The van der Waals surface area contributed by atoms with E-state index in [4.69, 9.17) is 5.73 Å². The Morgan fingerprint density at radius 2 is 1.86 bits per heavy atom. The zero-order valence-corrected chi connectivity index (χ0v) is 20.4. The molecule has 4 N–H and O–H groups in total. The number of benzene rings is 1. The second-order valence-electron chi connectivity index (χ2n) is 9.49. The summed E-state index contributed by atoms with van der Waals surface area (Å²) in [5, 5.41) is 14.4. The Kier molecular flexibility index (Phi) is 7.60. The van der Waals surface area contributed by atoms with Gasteiger partial charge in [-0.15, -0.1) is 10.2 Å². The molecule has 4 rings (SSSR count). The number of nitrogens with one attached hydrogen (secondary N) is 2. The second kappa shape index (κ2) is 10.8. The summed E-state index contributed by atoms with van der Waals surface area (Å²) in [7, 11) is 4.05. The summed E-state index contributed by atoms with van der Waals surface area (Å²) in [5.41, 5.74) is 7.65. The van der Waals surface area contributed by atoms with E-state index in [1.807, 2.05) is 24.1 Å². The molecule has 1 unspecified atom stereocenters. The van der Waals surface area contributed by atoms with Crippen molar-refractivity contribution in [2.75, 3.05) is 37.4 Å². The number of hydrogen-bond donors (Lipinski definition) is 3. The van der Waals surface area contributed by atoms with E-state index in [1.165, 1.54) is 11.6 Å². The normalized spacial score (nSPS) is 20.9. The van der Waals surface area contributed by atoms with Crippen LogP contribution < -0.4 is 21.3 Å². The van der Waals surface area contributed by atoms with E-state index in [-0.39, 0.29) is 29.5 Å². The van der Waals surface area contributed by atoms with Gasteiger partial charge in [-0.3, -0.25) is 9.59 Å². The highest BCUT2D eigenvalue weighted by Crippen LogP contribution is 2.30. The van der Waals surface area contributed by atoms with Crippen molar-refractivity contribution in [1.82, 2.24) is 25.4 Å². The van der Waals surface area contributed by atoms with Crippen LogP contribution in [0.2, 0.25) is 0 Å². The lowest BCUT2D eigenvalue weighted by atomic mass is 9.89. The van der Waals surface area contributed by atoms with Crippen LogP contribution in [0, 0.1) is 0 Å². The predicted molar refractivity (Wildman–Crippen MR) is 136 cm³/mol. The van der Waals surface area contributed by atoms with Crippen molar-refractivity contribution in [2.45, 2.75) is 50.1 Å². The number of carbonyl (C=O) groups excluding carboxylic acids is 2. The second-order valence-corrected chi connectivity index (χ2v) is 9.49. The van der Waals surface area contributed by atoms with Crippen LogP contribution in [-0.4, -0.2) is 71.2 Å². The van der Waals surface area contributed by atoms with Crippen molar-refractivity contribution in [3.05, 3.63) is 48.2 Å². The molecule has 2 heterocycles. The molecule has 1 saturated carbocycles. The maximum atomic E-state index is 12.0. The molecule has 2 atom stereocenters. The van der Waals surface area contributed by atoms with Gasteiger partial charge in [0.15, 0.2) is 11.5 Å². The van der Waals surface area contributed by atoms with Crippen molar-refractivity contribution in [3.8, 4) is 0 Å². The van der Waals surface area contributed by atoms with Crippen LogP contribution in [0.15, 0.2) is 36.9 Å². The monoisotopic (exact) mass is 478 g/mol. The van der Waals surface area contributed by atoms with Crippen molar-refractivity contribution in [2.24, 2.45) is 5.73 Å². The Morgan fingerprint density at radius 3 is 2.51 bits per heavy atom. The first-order valence-corrected chi connectivity index (χ1v) is 12.1.